The molecule has 0 radical (unpaired) electrons. The Bertz CT molecular complexity index is 566. The normalized spacial score (nSPS) is 12.6. The molecule has 112 valence electrons. The molecule has 1 nitrogen and oxygen atoms in total. The van der Waals surface area contributed by atoms with Crippen LogP contribution in [-0.4, -0.2) is 12.6 Å². The molecule has 0 fully saturated rings. The Morgan fingerprint density at radius 3 is 2.33 bits per heavy atom. The third-order valence-corrected chi connectivity index (χ3v) is 4.95. The van der Waals surface area contributed by atoms with E-state index in [1.807, 2.05) is 0 Å². The van der Waals surface area contributed by atoms with Crippen molar-refractivity contribution in [3.63, 3.8) is 0 Å². The molecule has 0 heterocycles. The van der Waals surface area contributed by atoms with Gasteiger partial charge in [-0.15, -0.1) is 0 Å². The van der Waals surface area contributed by atoms with Crippen molar-refractivity contribution in [1.82, 2.24) is 5.32 Å². The summed E-state index contributed by atoms with van der Waals surface area (Å²) in [5.41, 5.74) is 2.77. The maximum absolute atomic E-state index is 3.70. The Labute approximate surface area is 149 Å². The van der Waals surface area contributed by atoms with E-state index in [2.05, 4.69) is 106 Å². The van der Waals surface area contributed by atoms with Crippen LogP contribution >= 0.6 is 38.5 Å². The van der Waals surface area contributed by atoms with Crippen molar-refractivity contribution >= 4 is 38.5 Å². The molecule has 0 aromatic heterocycles. The van der Waals surface area contributed by atoms with Crippen molar-refractivity contribution in [1.29, 1.82) is 0 Å². The van der Waals surface area contributed by atoms with Gasteiger partial charge in [-0.1, -0.05) is 60.1 Å². The van der Waals surface area contributed by atoms with Crippen molar-refractivity contribution in [2.75, 3.05) is 6.54 Å². The zero-order valence-electron chi connectivity index (χ0n) is 12.4. The lowest BCUT2D eigenvalue weighted by Gasteiger charge is -2.21. The molecule has 0 saturated carbocycles. The number of rotatable bonds is 6. The predicted molar refractivity (Wildman–Crippen MR) is 103 cm³/mol. The second-order valence-corrected chi connectivity index (χ2v) is 7.71. The Balaban J connectivity index is 2.19. The van der Waals surface area contributed by atoms with Gasteiger partial charge >= 0.3 is 0 Å². The average Bonchev–Trinajstić information content (AvgIpc) is 2.46. The summed E-state index contributed by atoms with van der Waals surface area (Å²) in [6, 6.07) is 17.9. The van der Waals surface area contributed by atoms with Gasteiger partial charge in [0.25, 0.3) is 0 Å². The lowest BCUT2D eigenvalue weighted by molar-refractivity contribution is 0.526. The summed E-state index contributed by atoms with van der Waals surface area (Å²) < 4.78 is 2.49. The summed E-state index contributed by atoms with van der Waals surface area (Å²) in [6.45, 7) is 5.39. The standard InChI is InChI=1S/C18H21BrIN/c1-13(2)21-12-15(17-5-3-4-6-18(17)19)11-14-7-9-16(20)10-8-14/h3-10,13,15,21H,11-12H2,1-2H3. The smallest absolute Gasteiger partial charge is 0.0210 e. The first-order valence-corrected chi connectivity index (χ1v) is 9.15. The first kappa shape index (κ1) is 17.0. The van der Waals surface area contributed by atoms with Crippen LogP contribution in [0, 0.1) is 3.57 Å². The molecule has 2 aromatic carbocycles. The molecule has 2 rings (SSSR count). The Morgan fingerprint density at radius 2 is 1.71 bits per heavy atom. The molecule has 1 unspecified atom stereocenters. The molecule has 0 aliphatic carbocycles. The molecule has 0 aliphatic heterocycles. The predicted octanol–water partition coefficient (Wildman–Crippen LogP) is 5.38. The van der Waals surface area contributed by atoms with Crippen molar-refractivity contribution < 1.29 is 0 Å². The minimum Gasteiger partial charge on any atom is -0.314 e. The van der Waals surface area contributed by atoms with E-state index in [0.717, 1.165) is 13.0 Å². The summed E-state index contributed by atoms with van der Waals surface area (Å²) >= 11 is 6.05. The lowest BCUT2D eigenvalue weighted by atomic mass is 9.91. The zero-order valence-corrected chi connectivity index (χ0v) is 16.2. The highest BCUT2D eigenvalue weighted by Crippen LogP contribution is 2.27. The van der Waals surface area contributed by atoms with Crippen LogP contribution in [0.15, 0.2) is 53.0 Å². The maximum atomic E-state index is 3.70. The summed E-state index contributed by atoms with van der Waals surface area (Å²) in [5, 5.41) is 3.58. The van der Waals surface area contributed by atoms with Crippen molar-refractivity contribution in [2.24, 2.45) is 0 Å². The highest BCUT2D eigenvalue weighted by atomic mass is 127. The number of hydrogen-bond donors (Lipinski definition) is 1. The van der Waals surface area contributed by atoms with Crippen LogP contribution in [0.4, 0.5) is 0 Å². The first-order chi connectivity index (χ1) is 10.1. The van der Waals surface area contributed by atoms with Gasteiger partial charge in [-0.25, -0.2) is 0 Å². The molecule has 0 spiro atoms. The summed E-state index contributed by atoms with van der Waals surface area (Å²) in [7, 11) is 0. The fourth-order valence-electron chi connectivity index (χ4n) is 2.38. The Morgan fingerprint density at radius 1 is 1.05 bits per heavy atom. The minimum atomic E-state index is 0.475. The van der Waals surface area contributed by atoms with Gasteiger partial charge in [0.2, 0.25) is 0 Å². The fraction of sp³-hybridized carbons (Fsp3) is 0.333. The SMILES string of the molecule is CC(C)NCC(Cc1ccc(I)cc1)c1ccccc1Br. The van der Waals surface area contributed by atoms with E-state index in [-0.39, 0.29) is 0 Å². The summed E-state index contributed by atoms with van der Waals surface area (Å²) in [4.78, 5) is 0. The largest absolute Gasteiger partial charge is 0.314 e. The van der Waals surface area contributed by atoms with Crippen LogP contribution in [-0.2, 0) is 6.42 Å². The number of benzene rings is 2. The van der Waals surface area contributed by atoms with Crippen LogP contribution in [0.1, 0.15) is 30.9 Å². The number of halogens is 2. The molecule has 1 N–H and O–H groups in total. The van der Waals surface area contributed by atoms with Crippen molar-refractivity contribution in [2.45, 2.75) is 32.2 Å². The number of hydrogen-bond acceptors (Lipinski definition) is 1. The van der Waals surface area contributed by atoms with E-state index in [0.29, 0.717) is 12.0 Å². The van der Waals surface area contributed by atoms with E-state index in [9.17, 15) is 0 Å². The van der Waals surface area contributed by atoms with Gasteiger partial charge in [0.15, 0.2) is 0 Å². The quantitative estimate of drug-likeness (QED) is 0.574. The third kappa shape index (κ3) is 5.38. The molecule has 3 heteroatoms. The van der Waals surface area contributed by atoms with E-state index in [1.165, 1.54) is 19.2 Å². The Kier molecular flexibility index (Phi) is 6.71. The van der Waals surface area contributed by atoms with Gasteiger partial charge in [-0.3, -0.25) is 0 Å². The minimum absolute atomic E-state index is 0.475. The molecule has 1 atom stereocenters. The van der Waals surface area contributed by atoms with Crippen LogP contribution < -0.4 is 5.32 Å². The fourth-order valence-corrected chi connectivity index (χ4v) is 3.35. The lowest BCUT2D eigenvalue weighted by Crippen LogP contribution is -2.29. The third-order valence-electron chi connectivity index (χ3n) is 3.51. The maximum Gasteiger partial charge on any atom is 0.0210 e. The monoisotopic (exact) mass is 457 g/mol. The van der Waals surface area contributed by atoms with Gasteiger partial charge in [0.05, 0.1) is 0 Å². The zero-order chi connectivity index (χ0) is 15.2. The number of nitrogens with one attached hydrogen (secondary N) is 1. The van der Waals surface area contributed by atoms with Gasteiger partial charge in [0.1, 0.15) is 0 Å². The molecule has 21 heavy (non-hydrogen) atoms. The van der Waals surface area contributed by atoms with Gasteiger partial charge in [0, 0.05) is 26.5 Å². The van der Waals surface area contributed by atoms with E-state index in [4.69, 9.17) is 0 Å². The average molecular weight is 458 g/mol. The van der Waals surface area contributed by atoms with E-state index >= 15 is 0 Å². The van der Waals surface area contributed by atoms with Crippen LogP contribution in [0.25, 0.3) is 0 Å². The molecule has 2 aromatic rings. The topological polar surface area (TPSA) is 12.0 Å². The van der Waals surface area contributed by atoms with Gasteiger partial charge < -0.3 is 5.32 Å². The first-order valence-electron chi connectivity index (χ1n) is 7.28. The second kappa shape index (κ2) is 8.30. The molecular formula is C18H21BrIN. The van der Waals surface area contributed by atoms with Crippen LogP contribution in [0.2, 0.25) is 0 Å². The molecular weight excluding hydrogens is 437 g/mol. The van der Waals surface area contributed by atoms with E-state index < -0.39 is 0 Å². The van der Waals surface area contributed by atoms with Gasteiger partial charge in [-0.2, -0.15) is 0 Å². The van der Waals surface area contributed by atoms with E-state index in [1.54, 1.807) is 0 Å². The highest BCUT2D eigenvalue weighted by Gasteiger charge is 2.15. The van der Waals surface area contributed by atoms with Crippen LogP contribution in [0.3, 0.4) is 0 Å². The summed E-state index contributed by atoms with van der Waals surface area (Å²) in [6.07, 6.45) is 1.05. The molecule has 0 amide bonds. The van der Waals surface area contributed by atoms with Crippen molar-refractivity contribution in [3.05, 3.63) is 67.7 Å². The van der Waals surface area contributed by atoms with Gasteiger partial charge in [-0.05, 0) is 58.3 Å². The molecule has 0 aliphatic rings. The molecule has 0 saturated heterocycles. The highest BCUT2D eigenvalue weighted by molar-refractivity contribution is 14.1. The van der Waals surface area contributed by atoms with Crippen molar-refractivity contribution in [3.8, 4) is 0 Å². The summed E-state index contributed by atoms with van der Waals surface area (Å²) in [5.74, 6) is 0.475. The van der Waals surface area contributed by atoms with Crippen LogP contribution in [0.5, 0.6) is 0 Å². The Hall–Kier alpha value is -0.390. The second-order valence-electron chi connectivity index (χ2n) is 5.61. The molecule has 0 bridgehead atoms.